The van der Waals surface area contributed by atoms with Crippen LogP contribution in [0, 0.1) is 0 Å². The van der Waals surface area contributed by atoms with Crippen molar-refractivity contribution in [3.8, 4) is 5.75 Å². The van der Waals surface area contributed by atoms with E-state index in [4.69, 9.17) is 16.3 Å². The van der Waals surface area contributed by atoms with Gasteiger partial charge in [0.25, 0.3) is 0 Å². The SMILES string of the molecule is COc1cccc(C(C)CC(=O)N2CCNCC2c2cccc(Cl)c2)c1.Cl. The van der Waals surface area contributed by atoms with E-state index in [2.05, 4.69) is 12.2 Å². The van der Waals surface area contributed by atoms with Crippen LogP contribution in [-0.4, -0.2) is 37.6 Å². The van der Waals surface area contributed by atoms with E-state index in [0.717, 1.165) is 30.0 Å². The smallest absolute Gasteiger partial charge is 0.223 e. The Labute approximate surface area is 172 Å². The Hall–Kier alpha value is -1.75. The molecule has 2 aromatic carbocycles. The number of nitrogens with zero attached hydrogens (tertiary/aromatic N) is 1. The Bertz CT molecular complexity index is 769. The summed E-state index contributed by atoms with van der Waals surface area (Å²) in [5.41, 5.74) is 2.19. The summed E-state index contributed by atoms with van der Waals surface area (Å²) in [6.07, 6.45) is 0.476. The van der Waals surface area contributed by atoms with E-state index >= 15 is 0 Å². The summed E-state index contributed by atoms with van der Waals surface area (Å²) in [5, 5.41) is 4.08. The zero-order valence-corrected chi connectivity index (χ0v) is 17.2. The summed E-state index contributed by atoms with van der Waals surface area (Å²) in [6, 6.07) is 15.7. The van der Waals surface area contributed by atoms with Gasteiger partial charge >= 0.3 is 0 Å². The van der Waals surface area contributed by atoms with Crippen molar-refractivity contribution in [3.63, 3.8) is 0 Å². The lowest BCUT2D eigenvalue weighted by molar-refractivity contribution is -0.134. The topological polar surface area (TPSA) is 41.6 Å². The molecule has 4 nitrogen and oxygen atoms in total. The number of hydrogen-bond acceptors (Lipinski definition) is 3. The van der Waals surface area contributed by atoms with Crippen LogP contribution in [0.3, 0.4) is 0 Å². The van der Waals surface area contributed by atoms with Crippen molar-refractivity contribution in [2.45, 2.75) is 25.3 Å². The van der Waals surface area contributed by atoms with E-state index in [-0.39, 0.29) is 30.3 Å². The molecule has 0 aliphatic carbocycles. The van der Waals surface area contributed by atoms with Crippen LogP contribution in [0.1, 0.15) is 36.4 Å². The molecule has 1 heterocycles. The van der Waals surface area contributed by atoms with Gasteiger partial charge in [-0.1, -0.05) is 42.8 Å². The Kier molecular flexibility index (Phi) is 7.96. The normalized spacial score (nSPS) is 17.7. The minimum atomic E-state index is 0. The molecule has 1 amide bonds. The van der Waals surface area contributed by atoms with Crippen molar-refractivity contribution >= 4 is 29.9 Å². The maximum absolute atomic E-state index is 13.0. The monoisotopic (exact) mass is 408 g/mol. The average Bonchev–Trinajstić information content (AvgIpc) is 2.68. The van der Waals surface area contributed by atoms with E-state index in [1.54, 1.807) is 7.11 Å². The van der Waals surface area contributed by atoms with E-state index in [1.165, 1.54) is 0 Å². The number of rotatable bonds is 5. The summed E-state index contributed by atoms with van der Waals surface area (Å²) in [7, 11) is 1.66. The molecule has 0 radical (unpaired) electrons. The molecule has 0 spiro atoms. The first kappa shape index (κ1) is 21.5. The highest BCUT2D eigenvalue weighted by Crippen LogP contribution is 2.28. The van der Waals surface area contributed by atoms with E-state index < -0.39 is 0 Å². The molecule has 27 heavy (non-hydrogen) atoms. The molecule has 0 saturated carbocycles. The van der Waals surface area contributed by atoms with Crippen LogP contribution in [0.2, 0.25) is 5.02 Å². The minimum Gasteiger partial charge on any atom is -0.497 e. The summed E-state index contributed by atoms with van der Waals surface area (Å²) < 4.78 is 5.30. The number of amides is 1. The zero-order chi connectivity index (χ0) is 18.5. The van der Waals surface area contributed by atoms with Gasteiger partial charge in [0.1, 0.15) is 5.75 Å². The maximum atomic E-state index is 13.0. The molecule has 2 atom stereocenters. The van der Waals surface area contributed by atoms with Gasteiger partial charge < -0.3 is 15.0 Å². The van der Waals surface area contributed by atoms with Crippen LogP contribution in [0.5, 0.6) is 5.75 Å². The summed E-state index contributed by atoms with van der Waals surface area (Å²) >= 11 is 6.15. The average molecular weight is 409 g/mol. The summed E-state index contributed by atoms with van der Waals surface area (Å²) in [5.74, 6) is 1.13. The van der Waals surface area contributed by atoms with E-state index in [9.17, 15) is 4.79 Å². The second kappa shape index (κ2) is 9.98. The standard InChI is InChI=1S/C21H25ClN2O2.ClH/c1-15(16-5-4-8-19(13-16)26-2)11-21(25)24-10-9-23-14-20(24)17-6-3-7-18(22)12-17;/h3-8,12-13,15,20,23H,9-11,14H2,1-2H3;1H. The predicted octanol–water partition coefficient (Wildman–Crippen LogP) is 4.44. The van der Waals surface area contributed by atoms with Crippen LogP contribution in [-0.2, 0) is 4.79 Å². The number of hydrogen-bond donors (Lipinski definition) is 1. The Morgan fingerprint density at radius 3 is 2.81 bits per heavy atom. The van der Waals surface area contributed by atoms with Crippen LogP contribution < -0.4 is 10.1 Å². The molecule has 1 aliphatic rings. The molecule has 3 rings (SSSR count). The first-order chi connectivity index (χ1) is 12.6. The number of nitrogens with one attached hydrogen (secondary N) is 1. The summed E-state index contributed by atoms with van der Waals surface area (Å²) in [6.45, 7) is 4.36. The molecule has 146 valence electrons. The van der Waals surface area contributed by atoms with Crippen molar-refractivity contribution in [3.05, 3.63) is 64.7 Å². The number of ether oxygens (including phenoxy) is 1. The zero-order valence-electron chi connectivity index (χ0n) is 15.7. The fourth-order valence-corrected chi connectivity index (χ4v) is 3.66. The predicted molar refractivity (Wildman–Crippen MR) is 112 cm³/mol. The molecule has 2 unspecified atom stereocenters. The van der Waals surface area contributed by atoms with Gasteiger partial charge in [-0.2, -0.15) is 0 Å². The Morgan fingerprint density at radius 2 is 2.07 bits per heavy atom. The van der Waals surface area contributed by atoms with Gasteiger partial charge in [0.15, 0.2) is 0 Å². The number of piperazine rings is 1. The third kappa shape index (κ3) is 5.38. The minimum absolute atomic E-state index is 0. The highest BCUT2D eigenvalue weighted by molar-refractivity contribution is 6.30. The van der Waals surface area contributed by atoms with Gasteiger partial charge in [0.05, 0.1) is 13.2 Å². The third-order valence-electron chi connectivity index (χ3n) is 4.94. The van der Waals surface area contributed by atoms with Gasteiger partial charge in [-0.3, -0.25) is 4.79 Å². The molecule has 0 bridgehead atoms. The number of carbonyl (C=O) groups excluding carboxylic acids is 1. The molecule has 1 N–H and O–H groups in total. The molecular weight excluding hydrogens is 383 g/mol. The number of methoxy groups -OCH3 is 1. The molecule has 1 saturated heterocycles. The van der Waals surface area contributed by atoms with Crippen LogP contribution in [0.15, 0.2) is 48.5 Å². The van der Waals surface area contributed by atoms with Crippen molar-refractivity contribution in [1.82, 2.24) is 10.2 Å². The van der Waals surface area contributed by atoms with Gasteiger partial charge in [-0.15, -0.1) is 12.4 Å². The van der Waals surface area contributed by atoms with Crippen molar-refractivity contribution < 1.29 is 9.53 Å². The lowest BCUT2D eigenvalue weighted by atomic mass is 9.95. The van der Waals surface area contributed by atoms with Crippen LogP contribution >= 0.6 is 24.0 Å². The molecule has 1 fully saturated rings. The van der Waals surface area contributed by atoms with Gasteiger partial charge in [0, 0.05) is 31.1 Å². The van der Waals surface area contributed by atoms with Crippen LogP contribution in [0.4, 0.5) is 0 Å². The Morgan fingerprint density at radius 1 is 1.30 bits per heavy atom. The quantitative estimate of drug-likeness (QED) is 0.794. The fraction of sp³-hybridized carbons (Fsp3) is 0.381. The van der Waals surface area contributed by atoms with Gasteiger partial charge in [0.2, 0.25) is 5.91 Å². The maximum Gasteiger partial charge on any atom is 0.223 e. The van der Waals surface area contributed by atoms with E-state index in [0.29, 0.717) is 18.0 Å². The first-order valence-electron chi connectivity index (χ1n) is 8.98. The van der Waals surface area contributed by atoms with Crippen molar-refractivity contribution in [2.24, 2.45) is 0 Å². The van der Waals surface area contributed by atoms with E-state index in [1.807, 2.05) is 53.4 Å². The van der Waals surface area contributed by atoms with Crippen molar-refractivity contribution in [1.29, 1.82) is 0 Å². The van der Waals surface area contributed by atoms with Gasteiger partial charge in [-0.25, -0.2) is 0 Å². The Balaban J connectivity index is 0.00000261. The lowest BCUT2D eigenvalue weighted by Crippen LogP contribution is -2.48. The fourth-order valence-electron chi connectivity index (χ4n) is 3.46. The molecule has 2 aromatic rings. The number of benzene rings is 2. The molecule has 6 heteroatoms. The van der Waals surface area contributed by atoms with Gasteiger partial charge in [-0.05, 0) is 41.3 Å². The second-order valence-electron chi connectivity index (χ2n) is 6.74. The first-order valence-corrected chi connectivity index (χ1v) is 9.36. The molecular formula is C21H26Cl2N2O2. The van der Waals surface area contributed by atoms with Crippen LogP contribution in [0.25, 0.3) is 0 Å². The number of halogens is 2. The largest absolute Gasteiger partial charge is 0.497 e. The highest BCUT2D eigenvalue weighted by Gasteiger charge is 2.28. The van der Waals surface area contributed by atoms with Crippen molar-refractivity contribution in [2.75, 3.05) is 26.7 Å². The highest BCUT2D eigenvalue weighted by atomic mass is 35.5. The lowest BCUT2D eigenvalue weighted by Gasteiger charge is -2.37. The third-order valence-corrected chi connectivity index (χ3v) is 5.18. The molecule has 1 aliphatic heterocycles. The number of carbonyl (C=O) groups is 1. The summed E-state index contributed by atoms with van der Waals surface area (Å²) in [4.78, 5) is 15.0. The molecule has 0 aromatic heterocycles. The second-order valence-corrected chi connectivity index (χ2v) is 7.18.